The highest BCUT2D eigenvalue weighted by Gasteiger charge is 2.28. The number of amides is 1. The Balaban J connectivity index is 2.33. The van der Waals surface area contributed by atoms with Gasteiger partial charge < -0.3 is 5.73 Å². The summed E-state index contributed by atoms with van der Waals surface area (Å²) < 4.78 is 28.7. The first-order valence-corrected chi connectivity index (χ1v) is 8.20. The maximum Gasteiger partial charge on any atom is 0.282 e. The van der Waals surface area contributed by atoms with Gasteiger partial charge in [0.05, 0.1) is 11.3 Å². The van der Waals surface area contributed by atoms with Crippen molar-refractivity contribution in [3.63, 3.8) is 0 Å². The molecule has 3 rings (SSSR count). The van der Waals surface area contributed by atoms with Crippen LogP contribution in [0.1, 0.15) is 22.5 Å². The number of nitrogens with zero attached hydrogens (tertiary/aromatic N) is 2. The van der Waals surface area contributed by atoms with Crippen LogP contribution in [0.15, 0.2) is 53.0 Å². The van der Waals surface area contributed by atoms with Crippen molar-refractivity contribution in [2.24, 2.45) is 12.8 Å². The lowest BCUT2D eigenvalue weighted by Crippen LogP contribution is -2.14. The fourth-order valence-electron chi connectivity index (χ4n) is 2.85. The minimum absolute atomic E-state index is 0.253. The lowest BCUT2D eigenvalue weighted by molar-refractivity contribution is 0.0985. The molecule has 0 saturated heterocycles. The Hall–Kier alpha value is -2.54. The molecule has 1 aromatic heterocycles. The molecule has 0 bridgehead atoms. The SMILES string of the molecule is Cn1nc(C(F)F)c(C(N)=O)c1-c1ccccc1-c1ccccc1Br. The highest BCUT2D eigenvalue weighted by atomic mass is 79.9. The van der Waals surface area contributed by atoms with Gasteiger partial charge >= 0.3 is 0 Å². The fourth-order valence-corrected chi connectivity index (χ4v) is 3.35. The third-order valence-electron chi connectivity index (χ3n) is 3.87. The standard InChI is InChI=1S/C18H14BrF2N3O/c1-24-16(14(18(22)25)15(23-24)17(20)21)12-8-3-2-6-10(12)11-7-4-5-9-13(11)19/h2-9,17H,1H3,(H2,22,25). The van der Waals surface area contributed by atoms with E-state index in [1.54, 1.807) is 12.1 Å². The minimum atomic E-state index is -2.89. The number of carbonyl (C=O) groups excluding carboxylic acids is 1. The number of aromatic nitrogens is 2. The molecule has 1 amide bonds. The van der Waals surface area contributed by atoms with Crippen LogP contribution in [0, 0.1) is 0 Å². The first kappa shape index (κ1) is 17.3. The Morgan fingerprint density at radius 1 is 1.08 bits per heavy atom. The second-order valence-corrected chi connectivity index (χ2v) is 6.28. The number of benzene rings is 2. The topological polar surface area (TPSA) is 60.9 Å². The lowest BCUT2D eigenvalue weighted by atomic mass is 9.95. The van der Waals surface area contributed by atoms with Crippen LogP contribution in [-0.4, -0.2) is 15.7 Å². The van der Waals surface area contributed by atoms with Gasteiger partial charge in [-0.1, -0.05) is 58.4 Å². The van der Waals surface area contributed by atoms with Gasteiger partial charge in [-0.05, 0) is 17.2 Å². The molecule has 25 heavy (non-hydrogen) atoms. The summed E-state index contributed by atoms with van der Waals surface area (Å²) in [5, 5.41) is 3.82. The summed E-state index contributed by atoms with van der Waals surface area (Å²) in [6.45, 7) is 0. The summed E-state index contributed by atoms with van der Waals surface area (Å²) in [6.07, 6.45) is -2.89. The van der Waals surface area contributed by atoms with E-state index >= 15 is 0 Å². The van der Waals surface area contributed by atoms with E-state index in [-0.39, 0.29) is 11.3 Å². The van der Waals surface area contributed by atoms with Crippen LogP contribution in [-0.2, 0) is 7.05 Å². The average Bonchev–Trinajstić information content (AvgIpc) is 2.93. The van der Waals surface area contributed by atoms with Crippen LogP contribution in [0.4, 0.5) is 8.78 Å². The number of carbonyl (C=O) groups is 1. The maximum atomic E-state index is 13.3. The Morgan fingerprint density at radius 3 is 2.20 bits per heavy atom. The molecule has 0 aliphatic rings. The maximum absolute atomic E-state index is 13.3. The molecular formula is C18H14BrF2N3O. The van der Waals surface area contributed by atoms with Gasteiger partial charge in [0.2, 0.25) is 0 Å². The molecule has 3 aromatic rings. The molecule has 128 valence electrons. The Labute approximate surface area is 151 Å². The molecule has 4 nitrogen and oxygen atoms in total. The molecule has 0 aliphatic heterocycles. The largest absolute Gasteiger partial charge is 0.365 e. The van der Waals surface area contributed by atoms with Crippen molar-refractivity contribution < 1.29 is 13.6 Å². The van der Waals surface area contributed by atoms with Gasteiger partial charge in [-0.2, -0.15) is 5.10 Å². The van der Waals surface area contributed by atoms with Crippen molar-refractivity contribution >= 4 is 21.8 Å². The van der Waals surface area contributed by atoms with Crippen LogP contribution in [0.25, 0.3) is 22.4 Å². The quantitative estimate of drug-likeness (QED) is 0.691. The zero-order chi connectivity index (χ0) is 18.1. The number of alkyl halides is 2. The third kappa shape index (κ3) is 3.07. The van der Waals surface area contributed by atoms with Gasteiger partial charge in [-0.3, -0.25) is 9.48 Å². The molecule has 0 spiro atoms. The number of aryl methyl sites for hydroxylation is 1. The van der Waals surface area contributed by atoms with Crippen LogP contribution < -0.4 is 5.73 Å². The lowest BCUT2D eigenvalue weighted by Gasteiger charge is -2.13. The molecular weight excluding hydrogens is 392 g/mol. The summed E-state index contributed by atoms with van der Waals surface area (Å²) in [6, 6.07) is 14.8. The first-order chi connectivity index (χ1) is 11.9. The van der Waals surface area contributed by atoms with Crippen LogP contribution in [0.3, 0.4) is 0 Å². The Bertz CT molecular complexity index is 953. The number of primary amides is 1. The average molecular weight is 406 g/mol. The van der Waals surface area contributed by atoms with Gasteiger partial charge in [0.15, 0.2) is 0 Å². The van der Waals surface area contributed by atoms with Crippen molar-refractivity contribution in [2.75, 3.05) is 0 Å². The zero-order valence-electron chi connectivity index (χ0n) is 13.2. The van der Waals surface area contributed by atoms with E-state index in [4.69, 9.17) is 5.73 Å². The predicted octanol–water partition coefficient (Wildman–Crippen LogP) is 4.55. The molecule has 0 saturated carbocycles. The molecule has 1 heterocycles. The van der Waals surface area contributed by atoms with Crippen LogP contribution in [0.2, 0.25) is 0 Å². The molecule has 2 N–H and O–H groups in total. The molecule has 0 radical (unpaired) electrons. The highest BCUT2D eigenvalue weighted by Crippen LogP contribution is 2.39. The summed E-state index contributed by atoms with van der Waals surface area (Å²) in [4.78, 5) is 11.9. The molecule has 2 aromatic carbocycles. The van der Waals surface area contributed by atoms with Crippen molar-refractivity contribution in [2.45, 2.75) is 6.43 Å². The minimum Gasteiger partial charge on any atom is -0.365 e. The van der Waals surface area contributed by atoms with E-state index in [0.717, 1.165) is 15.6 Å². The zero-order valence-corrected chi connectivity index (χ0v) is 14.8. The summed E-state index contributed by atoms with van der Waals surface area (Å²) in [5.74, 6) is -0.930. The summed E-state index contributed by atoms with van der Waals surface area (Å²) in [5.41, 5.74) is 7.05. The van der Waals surface area contributed by atoms with Crippen molar-refractivity contribution in [3.05, 3.63) is 64.3 Å². The highest BCUT2D eigenvalue weighted by molar-refractivity contribution is 9.10. The molecule has 7 heteroatoms. The van der Waals surface area contributed by atoms with Gasteiger partial charge in [-0.15, -0.1) is 0 Å². The van der Waals surface area contributed by atoms with Gasteiger partial charge in [0.1, 0.15) is 5.69 Å². The first-order valence-electron chi connectivity index (χ1n) is 7.41. The number of halogens is 3. The molecule has 0 unspecified atom stereocenters. The fraction of sp³-hybridized carbons (Fsp3) is 0.111. The molecule has 0 atom stereocenters. The predicted molar refractivity (Wildman–Crippen MR) is 95.3 cm³/mol. The monoisotopic (exact) mass is 405 g/mol. The van der Waals surface area contributed by atoms with Crippen LogP contribution >= 0.6 is 15.9 Å². The number of hydrogen-bond donors (Lipinski definition) is 1. The van der Waals surface area contributed by atoms with E-state index in [1.807, 2.05) is 36.4 Å². The van der Waals surface area contributed by atoms with Gasteiger partial charge in [-0.25, -0.2) is 8.78 Å². The van der Waals surface area contributed by atoms with E-state index in [0.29, 0.717) is 5.56 Å². The Morgan fingerprint density at radius 2 is 1.64 bits per heavy atom. The van der Waals surface area contributed by atoms with E-state index in [2.05, 4.69) is 21.0 Å². The van der Waals surface area contributed by atoms with E-state index in [1.165, 1.54) is 11.7 Å². The number of rotatable bonds is 4. The number of hydrogen-bond acceptors (Lipinski definition) is 2. The Kier molecular flexibility index (Phi) is 4.67. The van der Waals surface area contributed by atoms with E-state index in [9.17, 15) is 13.6 Å². The van der Waals surface area contributed by atoms with Gasteiger partial charge in [0, 0.05) is 17.1 Å². The number of nitrogens with two attached hydrogens (primary N) is 1. The van der Waals surface area contributed by atoms with Gasteiger partial charge in [0.25, 0.3) is 12.3 Å². The van der Waals surface area contributed by atoms with E-state index < -0.39 is 18.0 Å². The molecule has 0 fully saturated rings. The van der Waals surface area contributed by atoms with Crippen molar-refractivity contribution in [3.8, 4) is 22.4 Å². The second kappa shape index (κ2) is 6.76. The smallest absolute Gasteiger partial charge is 0.282 e. The third-order valence-corrected chi connectivity index (χ3v) is 4.57. The normalized spacial score (nSPS) is 11.1. The van der Waals surface area contributed by atoms with Crippen molar-refractivity contribution in [1.29, 1.82) is 0 Å². The summed E-state index contributed by atoms with van der Waals surface area (Å²) in [7, 11) is 1.52. The second-order valence-electron chi connectivity index (χ2n) is 5.42. The van der Waals surface area contributed by atoms with Crippen LogP contribution in [0.5, 0.6) is 0 Å². The van der Waals surface area contributed by atoms with Crippen molar-refractivity contribution in [1.82, 2.24) is 9.78 Å². The molecule has 0 aliphatic carbocycles. The summed E-state index contributed by atoms with van der Waals surface area (Å²) >= 11 is 3.50.